The lowest BCUT2D eigenvalue weighted by molar-refractivity contribution is 0.0403. The molecule has 8 nitrogen and oxygen atoms in total. The van der Waals surface area contributed by atoms with E-state index in [-0.39, 0.29) is 43.3 Å². The van der Waals surface area contributed by atoms with E-state index < -0.39 is 14.6 Å². The molecule has 9 heteroatoms. The predicted octanol–water partition coefficient (Wildman–Crippen LogP) is 0.580. The summed E-state index contributed by atoms with van der Waals surface area (Å²) in [4.78, 5) is 26.0. The summed E-state index contributed by atoms with van der Waals surface area (Å²) >= 11 is 0. The molecule has 2 fully saturated rings. The highest BCUT2D eigenvalue weighted by molar-refractivity contribution is 7.93. The number of carbonyl (C=O) groups excluding carboxylic acids is 1. The molecule has 2 aliphatic rings. The summed E-state index contributed by atoms with van der Waals surface area (Å²) in [5, 5.41) is 0. The lowest BCUT2D eigenvalue weighted by atomic mass is 9.83. The predicted molar refractivity (Wildman–Crippen MR) is 92.3 cm³/mol. The van der Waals surface area contributed by atoms with Crippen molar-refractivity contribution in [1.82, 2.24) is 19.9 Å². The summed E-state index contributed by atoms with van der Waals surface area (Å²) in [6.45, 7) is 0.595. The molecule has 1 spiro atoms. The minimum atomic E-state index is -3.28. The van der Waals surface area contributed by atoms with Crippen LogP contribution < -0.4 is 4.74 Å². The van der Waals surface area contributed by atoms with Gasteiger partial charge in [0.25, 0.3) is 5.91 Å². The van der Waals surface area contributed by atoms with Gasteiger partial charge in [0.1, 0.15) is 4.75 Å². The van der Waals surface area contributed by atoms with E-state index >= 15 is 0 Å². The van der Waals surface area contributed by atoms with Gasteiger partial charge in [-0.1, -0.05) is 0 Å². The highest BCUT2D eigenvalue weighted by Gasteiger charge is 2.62. The maximum atomic E-state index is 12.7. The first-order chi connectivity index (χ1) is 12.5. The Morgan fingerprint density at radius 2 is 2.00 bits per heavy atom. The third-order valence-electron chi connectivity index (χ3n) is 5.17. The van der Waals surface area contributed by atoms with Crippen LogP contribution in [0.25, 0.3) is 0 Å². The van der Waals surface area contributed by atoms with E-state index in [0.717, 1.165) is 0 Å². The van der Waals surface area contributed by atoms with Crippen LogP contribution in [0.15, 0.2) is 43.0 Å². The highest BCUT2D eigenvalue weighted by Crippen LogP contribution is 2.45. The van der Waals surface area contributed by atoms with E-state index in [1.165, 1.54) is 6.20 Å². The molecule has 2 aliphatic heterocycles. The third kappa shape index (κ3) is 2.72. The summed E-state index contributed by atoms with van der Waals surface area (Å²) < 4.78 is 30.0. The zero-order valence-corrected chi connectivity index (χ0v) is 14.8. The Kier molecular flexibility index (Phi) is 4.10. The van der Waals surface area contributed by atoms with E-state index in [1.807, 2.05) is 0 Å². The molecule has 0 aromatic carbocycles. The number of carbonyl (C=O) groups is 1. The minimum absolute atomic E-state index is 0.117. The number of amides is 1. The van der Waals surface area contributed by atoms with E-state index in [1.54, 1.807) is 41.7 Å². The molecule has 0 N–H and O–H groups in total. The topological polar surface area (TPSA) is 102 Å². The minimum Gasteiger partial charge on any atom is -0.463 e. The molecule has 1 atom stereocenters. The lowest BCUT2D eigenvalue weighted by Gasteiger charge is -2.49. The summed E-state index contributed by atoms with van der Waals surface area (Å²) in [5.41, 5.74) is 0.461. The molecule has 2 aromatic heterocycles. The third-order valence-corrected chi connectivity index (χ3v) is 7.77. The van der Waals surface area contributed by atoms with Gasteiger partial charge in [-0.25, -0.2) is 18.4 Å². The Morgan fingerprint density at radius 1 is 1.23 bits per heavy atom. The number of nitrogens with zero attached hydrogens (tertiary/aromatic N) is 4. The van der Waals surface area contributed by atoms with E-state index in [9.17, 15) is 13.2 Å². The number of likely N-dealkylation sites (tertiary alicyclic amines) is 1. The molecule has 136 valence electrons. The second-order valence-corrected chi connectivity index (χ2v) is 9.07. The number of sulfone groups is 1. The van der Waals surface area contributed by atoms with Gasteiger partial charge in [-0.05, 0) is 24.6 Å². The number of hydrogen-bond acceptors (Lipinski definition) is 7. The first kappa shape index (κ1) is 16.9. The number of aromatic nitrogens is 3. The highest BCUT2D eigenvalue weighted by atomic mass is 32.2. The fraction of sp³-hybridized carbons (Fsp3) is 0.412. The standard InChI is InChI=1S/C17H18N4O4S/c22-15(13-3-1-5-18-9-13)21-11-17(12-21)14(4-8-26(17,23)24)10-25-16-19-6-2-7-20-16/h1-3,5-7,9,14H,4,8,10-12H2. The van der Waals surface area contributed by atoms with Gasteiger partial charge in [0.05, 0.1) is 17.9 Å². The molecule has 2 aromatic rings. The van der Waals surface area contributed by atoms with Gasteiger partial charge in [-0.2, -0.15) is 0 Å². The van der Waals surface area contributed by atoms with Gasteiger partial charge in [0.15, 0.2) is 9.84 Å². The van der Waals surface area contributed by atoms with Crippen LogP contribution in [0, 0.1) is 5.92 Å². The van der Waals surface area contributed by atoms with Crippen molar-refractivity contribution in [2.75, 3.05) is 25.4 Å². The number of ether oxygens (including phenoxy) is 1. The Balaban J connectivity index is 1.47. The molecular formula is C17H18N4O4S. The van der Waals surface area contributed by atoms with Crippen LogP contribution in [-0.4, -0.2) is 64.4 Å². The van der Waals surface area contributed by atoms with Gasteiger partial charge >= 0.3 is 6.01 Å². The molecule has 0 radical (unpaired) electrons. The Labute approximate surface area is 151 Å². The zero-order chi connectivity index (χ0) is 18.2. The Bertz CT molecular complexity index is 899. The van der Waals surface area contributed by atoms with E-state index in [2.05, 4.69) is 15.0 Å². The van der Waals surface area contributed by atoms with Gasteiger partial charge < -0.3 is 9.64 Å². The van der Waals surface area contributed by atoms with Crippen molar-refractivity contribution in [3.8, 4) is 6.01 Å². The largest absolute Gasteiger partial charge is 0.463 e. The van der Waals surface area contributed by atoms with E-state index in [4.69, 9.17) is 4.74 Å². The van der Waals surface area contributed by atoms with Crippen molar-refractivity contribution in [3.05, 3.63) is 48.5 Å². The van der Waals surface area contributed by atoms with Crippen molar-refractivity contribution in [1.29, 1.82) is 0 Å². The van der Waals surface area contributed by atoms with Crippen LogP contribution in [0.3, 0.4) is 0 Å². The lowest BCUT2D eigenvalue weighted by Crippen LogP contribution is -2.68. The Morgan fingerprint density at radius 3 is 2.69 bits per heavy atom. The smallest absolute Gasteiger partial charge is 0.316 e. The molecule has 0 saturated carbocycles. The van der Waals surface area contributed by atoms with Crippen LogP contribution in [-0.2, 0) is 9.84 Å². The molecule has 26 heavy (non-hydrogen) atoms. The second-order valence-electron chi connectivity index (χ2n) is 6.61. The number of pyridine rings is 1. The van der Waals surface area contributed by atoms with Gasteiger partial charge in [-0.3, -0.25) is 9.78 Å². The molecule has 2 saturated heterocycles. The molecule has 0 bridgehead atoms. The molecule has 4 heterocycles. The monoisotopic (exact) mass is 374 g/mol. The quantitative estimate of drug-likeness (QED) is 0.771. The first-order valence-electron chi connectivity index (χ1n) is 8.33. The number of rotatable bonds is 4. The average molecular weight is 374 g/mol. The summed E-state index contributed by atoms with van der Waals surface area (Å²) in [6.07, 6.45) is 6.74. The molecule has 4 rings (SSSR count). The maximum Gasteiger partial charge on any atom is 0.316 e. The SMILES string of the molecule is O=C(c1cccnc1)N1CC2(C1)C(COc1ncccn1)CCS2(=O)=O. The Hall–Kier alpha value is -2.55. The molecular weight excluding hydrogens is 356 g/mol. The van der Waals surface area contributed by atoms with Crippen LogP contribution >= 0.6 is 0 Å². The summed E-state index contributed by atoms with van der Waals surface area (Å²) in [5.74, 6) is -0.267. The fourth-order valence-electron chi connectivity index (χ4n) is 3.66. The van der Waals surface area contributed by atoms with Gasteiger partial charge in [0.2, 0.25) is 0 Å². The molecule has 1 amide bonds. The van der Waals surface area contributed by atoms with Crippen LogP contribution in [0.2, 0.25) is 0 Å². The number of hydrogen-bond donors (Lipinski definition) is 0. The van der Waals surface area contributed by atoms with Crippen LogP contribution in [0.1, 0.15) is 16.8 Å². The van der Waals surface area contributed by atoms with Crippen molar-refractivity contribution in [2.45, 2.75) is 11.2 Å². The van der Waals surface area contributed by atoms with Crippen molar-refractivity contribution < 1.29 is 17.9 Å². The first-order valence-corrected chi connectivity index (χ1v) is 9.98. The second kappa shape index (κ2) is 6.31. The van der Waals surface area contributed by atoms with Crippen molar-refractivity contribution in [2.24, 2.45) is 5.92 Å². The summed E-state index contributed by atoms with van der Waals surface area (Å²) in [6, 6.07) is 5.28. The maximum absolute atomic E-state index is 12.7. The van der Waals surface area contributed by atoms with Crippen molar-refractivity contribution >= 4 is 15.7 Å². The average Bonchev–Trinajstić information content (AvgIpc) is 2.90. The van der Waals surface area contributed by atoms with Gasteiger partial charge in [0, 0.05) is 43.8 Å². The zero-order valence-electron chi connectivity index (χ0n) is 14.0. The molecule has 1 unspecified atom stereocenters. The molecule has 0 aliphatic carbocycles. The van der Waals surface area contributed by atoms with Crippen LogP contribution in [0.5, 0.6) is 6.01 Å². The normalized spacial score (nSPS) is 22.8. The van der Waals surface area contributed by atoms with Crippen molar-refractivity contribution in [3.63, 3.8) is 0 Å². The fourth-order valence-corrected chi connectivity index (χ4v) is 6.06. The van der Waals surface area contributed by atoms with E-state index in [0.29, 0.717) is 12.0 Å². The van der Waals surface area contributed by atoms with Gasteiger partial charge in [-0.15, -0.1) is 0 Å². The summed E-state index contributed by atoms with van der Waals surface area (Å²) in [7, 11) is -3.28. The van der Waals surface area contributed by atoms with Crippen LogP contribution in [0.4, 0.5) is 0 Å².